The number of likely N-dealkylation sites (tertiary alicyclic amines) is 1. The van der Waals surface area contributed by atoms with Crippen LogP contribution < -0.4 is 10.6 Å². The molecule has 1 aliphatic heterocycles. The molecule has 0 spiro atoms. The Labute approximate surface area is 143 Å². The molecular weight excluding hydrogens is 312 g/mol. The van der Waals surface area contributed by atoms with Gasteiger partial charge in [0.25, 0.3) is 0 Å². The van der Waals surface area contributed by atoms with Gasteiger partial charge in [-0.1, -0.05) is 0 Å². The van der Waals surface area contributed by atoms with Gasteiger partial charge < -0.3 is 25.2 Å². The highest BCUT2D eigenvalue weighted by molar-refractivity contribution is 5.77. The fourth-order valence-electron chi connectivity index (χ4n) is 2.39. The van der Waals surface area contributed by atoms with Crippen molar-refractivity contribution in [2.24, 2.45) is 0 Å². The highest BCUT2D eigenvalue weighted by Gasteiger charge is 2.24. The normalized spacial score (nSPS) is 15.6. The van der Waals surface area contributed by atoms with E-state index in [2.05, 4.69) is 10.6 Å². The number of piperidine rings is 1. The molecule has 4 amide bonds. The Kier molecular flexibility index (Phi) is 7.31. The smallest absolute Gasteiger partial charge is 0.407 e. The monoisotopic (exact) mass is 342 g/mol. The van der Waals surface area contributed by atoms with E-state index in [1.165, 1.54) is 0 Å². The van der Waals surface area contributed by atoms with Crippen LogP contribution in [-0.2, 0) is 9.53 Å². The Bertz CT molecular complexity index is 451. The van der Waals surface area contributed by atoms with Crippen LogP contribution in [-0.4, -0.2) is 73.2 Å². The van der Waals surface area contributed by atoms with Gasteiger partial charge in [-0.25, -0.2) is 9.59 Å². The SMILES string of the molecule is CN(C)C(=O)N1CCC(NC(=O)CCNC(=O)OC(C)(C)C)CC1. The van der Waals surface area contributed by atoms with Gasteiger partial charge in [0.2, 0.25) is 5.91 Å². The van der Waals surface area contributed by atoms with Crippen LogP contribution in [0.2, 0.25) is 0 Å². The maximum absolute atomic E-state index is 11.9. The summed E-state index contributed by atoms with van der Waals surface area (Å²) in [5, 5.41) is 5.51. The number of carbonyl (C=O) groups is 3. The van der Waals surface area contributed by atoms with E-state index < -0.39 is 11.7 Å². The molecule has 0 aliphatic carbocycles. The predicted molar refractivity (Wildman–Crippen MR) is 90.7 cm³/mol. The quantitative estimate of drug-likeness (QED) is 0.802. The highest BCUT2D eigenvalue weighted by Crippen LogP contribution is 2.12. The van der Waals surface area contributed by atoms with Gasteiger partial charge in [-0.2, -0.15) is 0 Å². The summed E-state index contributed by atoms with van der Waals surface area (Å²) in [6.45, 7) is 6.86. The fraction of sp³-hybridized carbons (Fsp3) is 0.812. The fourth-order valence-corrected chi connectivity index (χ4v) is 2.39. The lowest BCUT2D eigenvalue weighted by molar-refractivity contribution is -0.121. The number of hydrogen-bond donors (Lipinski definition) is 2. The van der Waals surface area contributed by atoms with Gasteiger partial charge in [-0.15, -0.1) is 0 Å². The third kappa shape index (κ3) is 7.52. The third-order valence-corrected chi connectivity index (χ3v) is 3.53. The van der Waals surface area contributed by atoms with Gasteiger partial charge in [0.15, 0.2) is 0 Å². The zero-order chi connectivity index (χ0) is 18.3. The summed E-state index contributed by atoms with van der Waals surface area (Å²) in [7, 11) is 3.46. The molecule has 0 bridgehead atoms. The van der Waals surface area contributed by atoms with Gasteiger partial charge in [0.05, 0.1) is 0 Å². The molecule has 24 heavy (non-hydrogen) atoms. The minimum atomic E-state index is -0.551. The van der Waals surface area contributed by atoms with Crippen LogP contribution in [0, 0.1) is 0 Å². The Hall–Kier alpha value is -1.99. The summed E-state index contributed by atoms with van der Waals surface area (Å²) in [5.74, 6) is -0.108. The third-order valence-electron chi connectivity index (χ3n) is 3.53. The second kappa shape index (κ2) is 8.75. The van der Waals surface area contributed by atoms with Crippen LogP contribution in [0.15, 0.2) is 0 Å². The molecule has 0 aromatic heterocycles. The Balaban J connectivity index is 2.21. The second-order valence-electron chi connectivity index (χ2n) is 7.18. The Morgan fingerprint density at radius 3 is 2.25 bits per heavy atom. The molecule has 1 fully saturated rings. The molecule has 2 N–H and O–H groups in total. The van der Waals surface area contributed by atoms with Crippen molar-refractivity contribution in [2.45, 2.75) is 51.7 Å². The molecular formula is C16H30N4O4. The van der Waals surface area contributed by atoms with Gasteiger partial charge >= 0.3 is 12.1 Å². The van der Waals surface area contributed by atoms with Crippen molar-refractivity contribution in [1.29, 1.82) is 0 Å². The number of urea groups is 1. The number of rotatable bonds is 4. The first kappa shape index (κ1) is 20.1. The number of hydrogen-bond acceptors (Lipinski definition) is 4. The number of alkyl carbamates (subject to hydrolysis) is 1. The Morgan fingerprint density at radius 1 is 1.17 bits per heavy atom. The molecule has 1 rings (SSSR count). The van der Waals surface area contributed by atoms with Crippen LogP contribution in [0.3, 0.4) is 0 Å². The molecule has 0 aromatic carbocycles. The van der Waals surface area contributed by atoms with E-state index in [0.717, 1.165) is 12.8 Å². The minimum Gasteiger partial charge on any atom is -0.444 e. The summed E-state index contributed by atoms with van der Waals surface area (Å²) >= 11 is 0. The van der Waals surface area contributed by atoms with Crippen LogP contribution >= 0.6 is 0 Å². The molecule has 8 nitrogen and oxygen atoms in total. The molecule has 8 heteroatoms. The van der Waals surface area contributed by atoms with Crippen molar-refractivity contribution in [3.8, 4) is 0 Å². The lowest BCUT2D eigenvalue weighted by Gasteiger charge is -2.33. The average molecular weight is 342 g/mol. The standard InChI is InChI=1S/C16H30N4O4/c1-16(2,3)24-14(22)17-9-6-13(21)18-12-7-10-20(11-8-12)15(23)19(4)5/h12H,6-11H2,1-5H3,(H,17,22)(H,18,21). The Morgan fingerprint density at radius 2 is 1.75 bits per heavy atom. The van der Waals surface area contributed by atoms with Crippen LogP contribution in [0.25, 0.3) is 0 Å². The summed E-state index contributed by atoms with van der Waals surface area (Å²) in [4.78, 5) is 38.6. The van der Waals surface area contributed by atoms with Crippen LogP contribution in [0.4, 0.5) is 9.59 Å². The molecule has 1 saturated heterocycles. The number of carbonyl (C=O) groups excluding carboxylic acids is 3. The van der Waals surface area contributed by atoms with Gasteiger partial charge in [-0.05, 0) is 33.6 Å². The van der Waals surface area contributed by atoms with Crippen molar-refractivity contribution in [3.05, 3.63) is 0 Å². The summed E-state index contributed by atoms with van der Waals surface area (Å²) < 4.78 is 5.10. The largest absolute Gasteiger partial charge is 0.444 e. The number of nitrogens with one attached hydrogen (secondary N) is 2. The van der Waals surface area contributed by atoms with Crippen molar-refractivity contribution < 1.29 is 19.1 Å². The van der Waals surface area contributed by atoms with Gasteiger partial charge in [0, 0.05) is 46.2 Å². The van der Waals surface area contributed by atoms with E-state index in [1.807, 2.05) is 0 Å². The van der Waals surface area contributed by atoms with Crippen molar-refractivity contribution in [3.63, 3.8) is 0 Å². The maximum atomic E-state index is 11.9. The zero-order valence-corrected chi connectivity index (χ0v) is 15.3. The van der Waals surface area contributed by atoms with Crippen molar-refractivity contribution >= 4 is 18.0 Å². The van der Waals surface area contributed by atoms with Gasteiger partial charge in [-0.3, -0.25) is 4.79 Å². The van der Waals surface area contributed by atoms with Gasteiger partial charge in [0.1, 0.15) is 5.60 Å². The van der Waals surface area contributed by atoms with E-state index in [9.17, 15) is 14.4 Å². The summed E-state index contributed by atoms with van der Waals surface area (Å²) in [6.07, 6.45) is 1.16. The predicted octanol–water partition coefficient (Wildman–Crippen LogP) is 1.16. The molecule has 0 atom stereocenters. The van der Waals surface area contributed by atoms with Crippen molar-refractivity contribution in [2.75, 3.05) is 33.7 Å². The van der Waals surface area contributed by atoms with Crippen LogP contribution in [0.1, 0.15) is 40.0 Å². The second-order valence-corrected chi connectivity index (χ2v) is 7.18. The van der Waals surface area contributed by atoms with E-state index in [1.54, 1.807) is 44.7 Å². The minimum absolute atomic E-state index is 0.00124. The molecule has 138 valence electrons. The lowest BCUT2D eigenvalue weighted by atomic mass is 10.1. The molecule has 0 unspecified atom stereocenters. The summed E-state index contributed by atoms with van der Waals surface area (Å²) in [5.41, 5.74) is -0.551. The average Bonchev–Trinajstić information content (AvgIpc) is 2.45. The van der Waals surface area contributed by atoms with E-state index >= 15 is 0 Å². The number of ether oxygens (including phenoxy) is 1. The first-order valence-corrected chi connectivity index (χ1v) is 8.31. The molecule has 1 heterocycles. The number of nitrogens with zero attached hydrogens (tertiary/aromatic N) is 2. The van der Waals surface area contributed by atoms with Crippen molar-refractivity contribution in [1.82, 2.24) is 20.4 Å². The topological polar surface area (TPSA) is 91.0 Å². The molecule has 0 radical (unpaired) electrons. The highest BCUT2D eigenvalue weighted by atomic mass is 16.6. The molecule has 1 aliphatic rings. The first-order valence-electron chi connectivity index (χ1n) is 8.31. The number of amides is 4. The van der Waals surface area contributed by atoms with E-state index in [-0.39, 0.29) is 30.9 Å². The van der Waals surface area contributed by atoms with E-state index in [4.69, 9.17) is 4.74 Å². The molecule has 0 aromatic rings. The van der Waals surface area contributed by atoms with E-state index in [0.29, 0.717) is 13.1 Å². The lowest BCUT2D eigenvalue weighted by Crippen LogP contribution is -2.49. The maximum Gasteiger partial charge on any atom is 0.407 e. The summed E-state index contributed by atoms with van der Waals surface area (Å²) in [6, 6.07) is 0.0755. The van der Waals surface area contributed by atoms with Crippen LogP contribution in [0.5, 0.6) is 0 Å². The first-order chi connectivity index (χ1) is 11.1. The zero-order valence-electron chi connectivity index (χ0n) is 15.3. The molecule has 0 saturated carbocycles.